The number of primary amides is 1. The number of aliphatic carboxylic acids is 1. The summed E-state index contributed by atoms with van der Waals surface area (Å²) in [4.78, 5) is 93.7. The zero-order valence-corrected chi connectivity index (χ0v) is 31.8. The number of rotatable bonds is 17. The lowest BCUT2D eigenvalue weighted by molar-refractivity contribution is -0.147. The van der Waals surface area contributed by atoms with Gasteiger partial charge >= 0.3 is 12.0 Å². The maximum Gasteiger partial charge on any atom is 0.326 e. The van der Waals surface area contributed by atoms with Gasteiger partial charge in [-0.15, -0.1) is 0 Å². The summed E-state index contributed by atoms with van der Waals surface area (Å²) >= 11 is 0. The molecule has 0 aromatic heterocycles. The Balaban J connectivity index is 1.64. The van der Waals surface area contributed by atoms with Gasteiger partial charge in [-0.3, -0.25) is 24.0 Å². The van der Waals surface area contributed by atoms with Gasteiger partial charge in [-0.05, 0) is 54.2 Å². The molecule has 298 valence electrons. The average molecular weight is 762 g/mol. The summed E-state index contributed by atoms with van der Waals surface area (Å²) < 4.78 is 0. The molecule has 0 spiro atoms. The van der Waals surface area contributed by atoms with Crippen LogP contribution in [0.1, 0.15) is 82.4 Å². The zero-order valence-electron chi connectivity index (χ0n) is 31.8. The molecule has 0 bridgehead atoms. The summed E-state index contributed by atoms with van der Waals surface area (Å²) in [6, 6.07) is 10.00. The Hall–Kier alpha value is -5.47. The number of carbonyl (C=O) groups is 7. The molecule has 1 heterocycles. The van der Waals surface area contributed by atoms with E-state index in [0.717, 1.165) is 30.4 Å². The van der Waals surface area contributed by atoms with Gasteiger partial charge in [0.1, 0.15) is 30.2 Å². The number of benzene rings is 2. The number of carboxylic acids is 1. The van der Waals surface area contributed by atoms with Crippen molar-refractivity contribution < 1.29 is 38.7 Å². The van der Waals surface area contributed by atoms with Gasteiger partial charge in [0.2, 0.25) is 29.5 Å². The lowest BCUT2D eigenvalue weighted by atomic mass is 9.83. The number of fused-ring (bicyclic) bond motifs is 1. The molecule has 1 aliphatic heterocycles. The number of nitrogens with two attached hydrogens (primary N) is 1. The number of amides is 7. The highest BCUT2D eigenvalue weighted by atomic mass is 16.4. The summed E-state index contributed by atoms with van der Waals surface area (Å²) in [6.45, 7) is 5.01. The first-order valence-electron chi connectivity index (χ1n) is 19.1. The number of nitrogens with zero attached hydrogens (tertiary/aromatic N) is 1. The third-order valence-electron chi connectivity index (χ3n) is 10.3. The lowest BCUT2D eigenvalue weighted by Gasteiger charge is -2.39. The fraction of sp³-hybridized carbons (Fsp3) is 0.525. The van der Waals surface area contributed by atoms with Crippen LogP contribution in [0.5, 0.6) is 0 Å². The third-order valence-corrected chi connectivity index (χ3v) is 10.3. The van der Waals surface area contributed by atoms with E-state index < -0.39 is 65.8 Å². The van der Waals surface area contributed by atoms with Gasteiger partial charge in [0.15, 0.2) is 0 Å². The first-order valence-corrected chi connectivity index (χ1v) is 19.1. The Labute approximate surface area is 321 Å². The van der Waals surface area contributed by atoms with Crippen molar-refractivity contribution in [1.82, 2.24) is 31.5 Å². The Kier molecular flexibility index (Phi) is 15.6. The molecule has 0 saturated heterocycles. The van der Waals surface area contributed by atoms with Crippen molar-refractivity contribution in [3.63, 3.8) is 0 Å². The number of nitrogens with one attached hydrogen (secondary N) is 5. The fourth-order valence-corrected chi connectivity index (χ4v) is 7.41. The van der Waals surface area contributed by atoms with Crippen LogP contribution in [0, 0.1) is 11.8 Å². The molecule has 15 nitrogen and oxygen atoms in total. The molecule has 1 unspecified atom stereocenters. The summed E-state index contributed by atoms with van der Waals surface area (Å²) in [5.41, 5.74) is 7.60. The van der Waals surface area contributed by atoms with E-state index in [1.807, 2.05) is 24.3 Å². The molecule has 1 fully saturated rings. The summed E-state index contributed by atoms with van der Waals surface area (Å²) in [6.07, 6.45) is 4.46. The van der Waals surface area contributed by atoms with Gasteiger partial charge in [0.25, 0.3) is 0 Å². The first-order chi connectivity index (χ1) is 26.2. The Bertz CT molecular complexity index is 1680. The van der Waals surface area contributed by atoms with Gasteiger partial charge < -0.3 is 42.3 Å². The molecule has 8 N–H and O–H groups in total. The van der Waals surface area contributed by atoms with Crippen LogP contribution in [0.15, 0.2) is 54.6 Å². The quantitative estimate of drug-likeness (QED) is 0.118. The van der Waals surface area contributed by atoms with Crippen molar-refractivity contribution >= 4 is 41.5 Å². The van der Waals surface area contributed by atoms with Gasteiger partial charge in [-0.2, -0.15) is 0 Å². The minimum atomic E-state index is -1.27. The highest BCUT2D eigenvalue weighted by Crippen LogP contribution is 2.28. The van der Waals surface area contributed by atoms with E-state index in [2.05, 4.69) is 26.6 Å². The van der Waals surface area contributed by atoms with Gasteiger partial charge in [0.05, 0.1) is 0 Å². The molecular formula is C40H55N7O8. The van der Waals surface area contributed by atoms with Crippen LogP contribution < -0.4 is 32.3 Å². The fourth-order valence-electron chi connectivity index (χ4n) is 7.41. The van der Waals surface area contributed by atoms with Crippen molar-refractivity contribution in [1.29, 1.82) is 0 Å². The number of carbonyl (C=O) groups excluding carboxylic acids is 6. The lowest BCUT2D eigenvalue weighted by Crippen LogP contribution is -2.62. The van der Waals surface area contributed by atoms with E-state index in [-0.39, 0.29) is 56.5 Å². The van der Waals surface area contributed by atoms with Crippen LogP contribution in [0.4, 0.5) is 4.79 Å². The summed E-state index contributed by atoms with van der Waals surface area (Å²) in [7, 11) is 0. The smallest absolute Gasteiger partial charge is 0.326 e. The van der Waals surface area contributed by atoms with Crippen molar-refractivity contribution in [3.05, 3.63) is 71.3 Å². The summed E-state index contributed by atoms with van der Waals surface area (Å²) in [5.74, 6) is -4.46. The molecule has 5 atom stereocenters. The van der Waals surface area contributed by atoms with Crippen LogP contribution in [0.2, 0.25) is 0 Å². The van der Waals surface area contributed by atoms with Crippen LogP contribution >= 0.6 is 0 Å². The molecular weight excluding hydrogens is 706 g/mol. The number of carboxylic acid groups (broad SMARTS) is 1. The Morgan fingerprint density at radius 3 is 2.09 bits per heavy atom. The zero-order chi connectivity index (χ0) is 40.1. The maximum atomic E-state index is 14.7. The molecule has 7 amide bonds. The largest absolute Gasteiger partial charge is 0.480 e. The third kappa shape index (κ3) is 12.3. The maximum absolute atomic E-state index is 14.7. The van der Waals surface area contributed by atoms with Gasteiger partial charge in [-0.1, -0.05) is 87.7 Å². The van der Waals surface area contributed by atoms with E-state index in [0.29, 0.717) is 18.4 Å². The van der Waals surface area contributed by atoms with Crippen molar-refractivity contribution in [2.24, 2.45) is 17.6 Å². The molecule has 1 saturated carbocycles. The molecule has 2 aromatic rings. The van der Waals surface area contributed by atoms with E-state index in [9.17, 15) is 38.7 Å². The predicted molar refractivity (Wildman–Crippen MR) is 204 cm³/mol. The van der Waals surface area contributed by atoms with E-state index in [4.69, 9.17) is 5.73 Å². The predicted octanol–water partition coefficient (Wildman–Crippen LogP) is 1.91. The number of urea groups is 1. The molecule has 15 heteroatoms. The molecule has 2 aromatic carbocycles. The molecule has 1 aliphatic carbocycles. The molecule has 55 heavy (non-hydrogen) atoms. The second kappa shape index (κ2) is 20.3. The standard InChI is InChI=1S/C40H55N7O8/c1-24(2)33(43-25(3)48)36(50)46-34(27-15-8-5-9-16-27)37(51)44-30(19-12-20-42-40(41)55)38(52)47-23-29-18-11-10-17-28(29)22-32(47)35(49)45-31(39(53)54)21-26-13-6-4-7-14-26/h4,6-7,10-11,13-14,17-18,24,27,30-34H,5,8-9,12,15-16,19-23H2,1-3H3,(H,43,48)(H,44,51)(H,45,49)(H,46,50)(H,53,54)(H3,41,42,55)/t30-,31-,32-,33-,34?/m0/s1. The van der Waals surface area contributed by atoms with E-state index >= 15 is 0 Å². The van der Waals surface area contributed by atoms with E-state index in [1.165, 1.54) is 11.8 Å². The monoisotopic (exact) mass is 761 g/mol. The minimum Gasteiger partial charge on any atom is -0.480 e. The van der Waals surface area contributed by atoms with Crippen LogP contribution in [0.25, 0.3) is 0 Å². The molecule has 0 radical (unpaired) electrons. The molecule has 4 rings (SSSR count). The highest BCUT2D eigenvalue weighted by Gasteiger charge is 2.41. The number of hydrogen-bond acceptors (Lipinski definition) is 7. The van der Waals surface area contributed by atoms with Gasteiger partial charge in [0, 0.05) is 32.9 Å². The van der Waals surface area contributed by atoms with Crippen molar-refractivity contribution in [2.45, 2.75) is 115 Å². The number of hydrogen-bond donors (Lipinski definition) is 7. The molecule has 2 aliphatic rings. The minimum absolute atomic E-state index is 0.0188. The second-order valence-corrected chi connectivity index (χ2v) is 14.8. The SMILES string of the molecule is CC(=O)N[C@H](C(=O)NC(C(=O)N[C@@H](CCCNC(N)=O)C(=O)N1Cc2ccccc2C[C@H]1C(=O)N[C@@H](Cc1ccccc1)C(=O)O)C1CCCCC1)C(C)C. The van der Waals surface area contributed by atoms with Crippen LogP contribution in [0.3, 0.4) is 0 Å². The Morgan fingerprint density at radius 2 is 1.47 bits per heavy atom. The van der Waals surface area contributed by atoms with Crippen LogP contribution in [-0.4, -0.2) is 88.3 Å². The average Bonchev–Trinajstić information content (AvgIpc) is 3.16. The summed E-state index contributed by atoms with van der Waals surface area (Å²) in [5, 5.41) is 23.6. The van der Waals surface area contributed by atoms with E-state index in [1.54, 1.807) is 44.2 Å². The topological polar surface area (TPSA) is 229 Å². The highest BCUT2D eigenvalue weighted by molar-refractivity contribution is 5.96. The van der Waals surface area contributed by atoms with Crippen molar-refractivity contribution in [3.8, 4) is 0 Å². The Morgan fingerprint density at radius 1 is 0.818 bits per heavy atom. The van der Waals surface area contributed by atoms with Crippen molar-refractivity contribution in [2.75, 3.05) is 6.54 Å². The first kappa shape index (κ1) is 42.3. The normalized spacial score (nSPS) is 17.7. The second-order valence-electron chi connectivity index (χ2n) is 14.8. The van der Waals surface area contributed by atoms with Crippen LogP contribution in [-0.2, 0) is 48.2 Å². The van der Waals surface area contributed by atoms with Gasteiger partial charge in [-0.25, -0.2) is 9.59 Å².